The molecule has 0 aliphatic heterocycles. The monoisotopic (exact) mass is 308 g/mol. The highest BCUT2D eigenvalue weighted by Crippen LogP contribution is 2.20. The van der Waals surface area contributed by atoms with Crippen molar-refractivity contribution in [2.45, 2.75) is 0 Å². The van der Waals surface area contributed by atoms with Gasteiger partial charge in [0.05, 0.1) is 16.1 Å². The number of amides is 1. The van der Waals surface area contributed by atoms with Crippen LogP contribution in [0, 0.1) is 11.6 Å². The standard InChI is InChI=1S/C13H7ClF2N4O/c14-7-5-8(15)6(4-9(7)16)12(21)20-13-18-10-2-1-3-17-11(10)19-13/h1-5H,(H2,17,18,19,20,21). The molecule has 21 heavy (non-hydrogen) atoms. The van der Waals surface area contributed by atoms with Crippen molar-refractivity contribution >= 4 is 34.6 Å². The molecule has 2 heterocycles. The van der Waals surface area contributed by atoms with Crippen LogP contribution in [0.1, 0.15) is 10.4 Å². The number of hydrogen-bond acceptors (Lipinski definition) is 3. The molecule has 0 saturated heterocycles. The fraction of sp³-hybridized carbons (Fsp3) is 0. The first kappa shape index (κ1) is 13.4. The maximum atomic E-state index is 13.6. The lowest BCUT2D eigenvalue weighted by Crippen LogP contribution is -2.15. The summed E-state index contributed by atoms with van der Waals surface area (Å²) in [5.74, 6) is -2.56. The van der Waals surface area contributed by atoms with E-state index in [1.807, 2.05) is 0 Å². The Bertz CT molecular complexity index is 816. The number of benzene rings is 1. The molecule has 0 aliphatic carbocycles. The molecule has 8 heteroatoms. The van der Waals surface area contributed by atoms with Crippen molar-refractivity contribution in [3.63, 3.8) is 0 Å². The second kappa shape index (κ2) is 5.10. The molecular formula is C13H7ClF2N4O. The van der Waals surface area contributed by atoms with Gasteiger partial charge in [-0.25, -0.2) is 13.8 Å². The van der Waals surface area contributed by atoms with Gasteiger partial charge < -0.3 is 4.98 Å². The summed E-state index contributed by atoms with van der Waals surface area (Å²) in [6.07, 6.45) is 1.54. The van der Waals surface area contributed by atoms with Crippen molar-refractivity contribution in [3.05, 3.63) is 52.7 Å². The van der Waals surface area contributed by atoms with E-state index in [-0.39, 0.29) is 5.95 Å². The lowest BCUT2D eigenvalue weighted by Gasteiger charge is -2.04. The zero-order valence-corrected chi connectivity index (χ0v) is 11.1. The van der Waals surface area contributed by atoms with Gasteiger partial charge in [0.25, 0.3) is 5.91 Å². The van der Waals surface area contributed by atoms with Gasteiger partial charge in [0.15, 0.2) is 5.65 Å². The first-order valence-electron chi connectivity index (χ1n) is 5.81. The molecule has 0 saturated carbocycles. The lowest BCUT2D eigenvalue weighted by atomic mass is 10.2. The van der Waals surface area contributed by atoms with E-state index in [0.717, 1.165) is 12.1 Å². The topological polar surface area (TPSA) is 70.7 Å². The molecule has 1 aromatic carbocycles. The molecule has 0 spiro atoms. The van der Waals surface area contributed by atoms with Crippen LogP contribution < -0.4 is 5.32 Å². The largest absolute Gasteiger partial charge is 0.322 e. The lowest BCUT2D eigenvalue weighted by molar-refractivity contribution is 0.102. The normalized spacial score (nSPS) is 10.8. The van der Waals surface area contributed by atoms with Crippen LogP contribution in [0.15, 0.2) is 30.5 Å². The van der Waals surface area contributed by atoms with Crippen molar-refractivity contribution < 1.29 is 13.6 Å². The first-order chi connectivity index (χ1) is 10.0. The van der Waals surface area contributed by atoms with Crippen molar-refractivity contribution in [1.82, 2.24) is 15.0 Å². The molecule has 0 bridgehead atoms. The quantitative estimate of drug-likeness (QED) is 0.714. The van der Waals surface area contributed by atoms with Crippen LogP contribution in [-0.2, 0) is 0 Å². The summed E-state index contributed by atoms with van der Waals surface area (Å²) in [6.45, 7) is 0. The van der Waals surface area contributed by atoms with Gasteiger partial charge in [0.2, 0.25) is 5.95 Å². The highest BCUT2D eigenvalue weighted by atomic mass is 35.5. The van der Waals surface area contributed by atoms with Gasteiger partial charge in [0, 0.05) is 6.20 Å². The van der Waals surface area contributed by atoms with Crippen molar-refractivity contribution in [2.24, 2.45) is 0 Å². The third-order valence-corrected chi connectivity index (χ3v) is 3.03. The predicted octanol–water partition coefficient (Wildman–Crippen LogP) is 3.14. The van der Waals surface area contributed by atoms with Gasteiger partial charge in [-0.2, -0.15) is 4.98 Å². The maximum Gasteiger partial charge on any atom is 0.261 e. The minimum atomic E-state index is -0.923. The minimum absolute atomic E-state index is 0.0865. The summed E-state index contributed by atoms with van der Waals surface area (Å²) in [5.41, 5.74) is 0.538. The van der Waals surface area contributed by atoms with E-state index < -0.39 is 28.1 Å². The average molecular weight is 309 g/mol. The van der Waals surface area contributed by atoms with E-state index in [4.69, 9.17) is 11.6 Å². The number of pyridine rings is 1. The van der Waals surface area contributed by atoms with Crippen LogP contribution in [-0.4, -0.2) is 20.9 Å². The van der Waals surface area contributed by atoms with Gasteiger partial charge in [-0.05, 0) is 24.3 Å². The molecule has 0 unspecified atom stereocenters. The molecule has 0 radical (unpaired) electrons. The fourth-order valence-electron chi connectivity index (χ4n) is 1.78. The Morgan fingerprint density at radius 2 is 2.10 bits per heavy atom. The molecule has 106 valence electrons. The number of carbonyl (C=O) groups excluding carboxylic acids is 1. The second-order valence-corrected chi connectivity index (χ2v) is 4.57. The summed E-state index contributed by atoms with van der Waals surface area (Å²) >= 11 is 5.43. The number of anilines is 1. The number of imidazole rings is 1. The number of nitrogens with zero attached hydrogens (tertiary/aromatic N) is 2. The minimum Gasteiger partial charge on any atom is -0.322 e. The third kappa shape index (κ3) is 2.55. The van der Waals surface area contributed by atoms with E-state index in [0.29, 0.717) is 11.2 Å². The molecule has 5 nitrogen and oxygen atoms in total. The van der Waals surface area contributed by atoms with Crippen LogP contribution in [0.2, 0.25) is 5.02 Å². The molecule has 3 aromatic rings. The second-order valence-electron chi connectivity index (χ2n) is 4.16. The smallest absolute Gasteiger partial charge is 0.261 e. The summed E-state index contributed by atoms with van der Waals surface area (Å²) in [5, 5.41) is 1.95. The summed E-state index contributed by atoms with van der Waals surface area (Å²) in [4.78, 5) is 22.7. The Hall–Kier alpha value is -2.54. The molecule has 0 fully saturated rings. The Labute approximate surface area is 122 Å². The zero-order valence-electron chi connectivity index (χ0n) is 10.3. The predicted molar refractivity (Wildman–Crippen MR) is 73.2 cm³/mol. The average Bonchev–Trinajstić information content (AvgIpc) is 2.84. The molecule has 2 N–H and O–H groups in total. The highest BCUT2D eigenvalue weighted by Gasteiger charge is 2.17. The summed E-state index contributed by atoms with van der Waals surface area (Å²) in [6, 6.07) is 4.88. The number of H-pyrrole nitrogens is 1. The van der Waals surface area contributed by atoms with E-state index in [1.165, 1.54) is 0 Å². The van der Waals surface area contributed by atoms with Crippen LogP contribution in [0.3, 0.4) is 0 Å². The molecule has 0 atom stereocenters. The summed E-state index contributed by atoms with van der Waals surface area (Å²) < 4.78 is 26.9. The van der Waals surface area contributed by atoms with E-state index in [2.05, 4.69) is 20.3 Å². The molecule has 1 amide bonds. The van der Waals surface area contributed by atoms with E-state index in [9.17, 15) is 13.6 Å². The van der Waals surface area contributed by atoms with Crippen LogP contribution in [0.25, 0.3) is 11.2 Å². The molecular weight excluding hydrogens is 302 g/mol. The highest BCUT2D eigenvalue weighted by molar-refractivity contribution is 6.30. The number of aromatic amines is 1. The van der Waals surface area contributed by atoms with Gasteiger partial charge in [-0.3, -0.25) is 10.1 Å². The van der Waals surface area contributed by atoms with Gasteiger partial charge in [-0.1, -0.05) is 11.6 Å². The van der Waals surface area contributed by atoms with Gasteiger partial charge in [0.1, 0.15) is 11.6 Å². The zero-order chi connectivity index (χ0) is 15.0. The van der Waals surface area contributed by atoms with E-state index >= 15 is 0 Å². The van der Waals surface area contributed by atoms with Crippen LogP contribution in [0.4, 0.5) is 14.7 Å². The third-order valence-electron chi connectivity index (χ3n) is 2.74. The van der Waals surface area contributed by atoms with Crippen molar-refractivity contribution in [2.75, 3.05) is 5.32 Å². The maximum absolute atomic E-state index is 13.6. The number of rotatable bonds is 2. The molecule has 3 rings (SSSR count). The number of aromatic nitrogens is 3. The van der Waals surface area contributed by atoms with Gasteiger partial charge in [-0.15, -0.1) is 0 Å². The van der Waals surface area contributed by atoms with Crippen LogP contribution >= 0.6 is 11.6 Å². The van der Waals surface area contributed by atoms with Crippen LogP contribution in [0.5, 0.6) is 0 Å². The Balaban J connectivity index is 1.91. The Morgan fingerprint density at radius 1 is 1.29 bits per heavy atom. The fourth-order valence-corrected chi connectivity index (χ4v) is 1.93. The Morgan fingerprint density at radius 3 is 2.86 bits per heavy atom. The summed E-state index contributed by atoms with van der Waals surface area (Å²) in [7, 11) is 0. The number of carbonyl (C=O) groups is 1. The number of halogens is 3. The number of nitrogens with one attached hydrogen (secondary N) is 2. The first-order valence-corrected chi connectivity index (χ1v) is 6.19. The van der Waals surface area contributed by atoms with Crippen molar-refractivity contribution in [1.29, 1.82) is 0 Å². The number of hydrogen-bond donors (Lipinski definition) is 2. The molecule has 0 aliphatic rings. The van der Waals surface area contributed by atoms with Gasteiger partial charge >= 0.3 is 0 Å². The Kier molecular flexibility index (Phi) is 3.26. The van der Waals surface area contributed by atoms with Crippen molar-refractivity contribution in [3.8, 4) is 0 Å². The number of fused-ring (bicyclic) bond motifs is 1. The molecule has 2 aromatic heterocycles. The van der Waals surface area contributed by atoms with E-state index in [1.54, 1.807) is 18.3 Å². The SMILES string of the molecule is O=C(Nc1nc2ncccc2[nH]1)c1cc(F)c(Cl)cc1F.